The van der Waals surface area contributed by atoms with Crippen molar-refractivity contribution in [2.45, 2.75) is 13.5 Å². The number of hydrogen-bond acceptors (Lipinski definition) is 3. The van der Waals surface area contributed by atoms with Gasteiger partial charge in [-0.25, -0.2) is 0 Å². The second-order valence-electron chi connectivity index (χ2n) is 3.94. The molecule has 0 aliphatic carbocycles. The fourth-order valence-electron chi connectivity index (χ4n) is 1.57. The number of nitrogens with zero attached hydrogens (tertiary/aromatic N) is 1. The van der Waals surface area contributed by atoms with Crippen LogP contribution >= 0.6 is 0 Å². The molecule has 1 aromatic carbocycles. The summed E-state index contributed by atoms with van der Waals surface area (Å²) in [5.74, 6) is 0.0115. The van der Waals surface area contributed by atoms with E-state index in [4.69, 9.17) is 9.47 Å². The lowest BCUT2D eigenvalue weighted by Crippen LogP contribution is -2.33. The fourth-order valence-corrected chi connectivity index (χ4v) is 1.57. The normalized spacial score (nSPS) is 10.3. The molecule has 0 unspecified atom stereocenters. The van der Waals surface area contributed by atoms with Gasteiger partial charge in [-0.2, -0.15) is 0 Å². The molecule has 18 heavy (non-hydrogen) atoms. The van der Waals surface area contributed by atoms with Crippen LogP contribution in [0.4, 0.5) is 0 Å². The van der Waals surface area contributed by atoms with Gasteiger partial charge < -0.3 is 14.4 Å². The predicted molar refractivity (Wildman–Crippen MR) is 70.2 cm³/mol. The van der Waals surface area contributed by atoms with Gasteiger partial charge in [0.05, 0.1) is 13.2 Å². The van der Waals surface area contributed by atoms with Gasteiger partial charge in [0.1, 0.15) is 6.61 Å². The van der Waals surface area contributed by atoms with Crippen LogP contribution in [0.5, 0.6) is 0 Å². The highest BCUT2D eigenvalue weighted by molar-refractivity contribution is 5.77. The van der Waals surface area contributed by atoms with Gasteiger partial charge in [0.2, 0.25) is 5.91 Å². The van der Waals surface area contributed by atoms with Gasteiger partial charge in [-0.15, -0.1) is 0 Å². The monoisotopic (exact) mass is 251 g/mol. The molecule has 4 nitrogen and oxygen atoms in total. The molecule has 1 aromatic rings. The van der Waals surface area contributed by atoms with Gasteiger partial charge in [-0.3, -0.25) is 4.79 Å². The molecule has 0 aliphatic heterocycles. The van der Waals surface area contributed by atoms with E-state index in [1.54, 1.807) is 12.0 Å². The summed E-state index contributed by atoms with van der Waals surface area (Å²) in [4.78, 5) is 13.7. The molecular weight excluding hydrogens is 230 g/mol. The van der Waals surface area contributed by atoms with Crippen LogP contribution in [-0.2, 0) is 20.8 Å². The Kier molecular flexibility index (Phi) is 7.06. The number of ether oxygens (including phenoxy) is 2. The molecule has 0 saturated carbocycles. The maximum atomic E-state index is 11.9. The molecule has 0 heterocycles. The average molecular weight is 251 g/mol. The summed E-state index contributed by atoms with van der Waals surface area (Å²) in [7, 11) is 1.61. The zero-order valence-corrected chi connectivity index (χ0v) is 11.1. The van der Waals surface area contributed by atoms with Crippen molar-refractivity contribution in [3.63, 3.8) is 0 Å². The van der Waals surface area contributed by atoms with E-state index in [2.05, 4.69) is 0 Å². The molecule has 0 atom stereocenters. The van der Waals surface area contributed by atoms with Crippen LogP contribution in [0.25, 0.3) is 0 Å². The summed E-state index contributed by atoms with van der Waals surface area (Å²) in [5.41, 5.74) is 1.13. The summed E-state index contributed by atoms with van der Waals surface area (Å²) >= 11 is 0. The van der Waals surface area contributed by atoms with Crippen LogP contribution < -0.4 is 0 Å². The van der Waals surface area contributed by atoms with E-state index in [0.29, 0.717) is 26.3 Å². The number of amides is 1. The van der Waals surface area contributed by atoms with Crippen LogP contribution in [0.1, 0.15) is 12.5 Å². The van der Waals surface area contributed by atoms with Crippen LogP contribution in [-0.4, -0.2) is 44.3 Å². The Morgan fingerprint density at radius 2 is 1.94 bits per heavy atom. The molecule has 4 heteroatoms. The second-order valence-corrected chi connectivity index (χ2v) is 3.94. The van der Waals surface area contributed by atoms with Crippen molar-refractivity contribution in [2.75, 3.05) is 33.5 Å². The topological polar surface area (TPSA) is 38.8 Å². The summed E-state index contributed by atoms with van der Waals surface area (Å²) in [6.45, 7) is 4.36. The zero-order valence-electron chi connectivity index (χ0n) is 11.1. The molecule has 100 valence electrons. The smallest absolute Gasteiger partial charge is 0.248 e. The van der Waals surface area contributed by atoms with E-state index in [1.165, 1.54) is 0 Å². The Morgan fingerprint density at radius 3 is 2.56 bits per heavy atom. The molecule has 0 N–H and O–H groups in total. The predicted octanol–water partition coefficient (Wildman–Crippen LogP) is 1.70. The molecule has 0 spiro atoms. The average Bonchev–Trinajstić information content (AvgIpc) is 2.42. The van der Waals surface area contributed by atoms with E-state index < -0.39 is 0 Å². The Morgan fingerprint density at radius 1 is 1.22 bits per heavy atom. The number of carbonyl (C=O) groups is 1. The molecule has 0 aromatic heterocycles. The molecule has 0 aliphatic rings. The summed E-state index contributed by atoms with van der Waals surface area (Å²) in [6.07, 6.45) is 0. The minimum atomic E-state index is 0.0115. The van der Waals surface area contributed by atoms with Crippen LogP contribution in [0, 0.1) is 0 Å². The molecule has 1 rings (SSSR count). The molecule has 0 radical (unpaired) electrons. The SMILES string of the molecule is CCN(Cc1ccccc1)C(=O)COCCOC. The van der Waals surface area contributed by atoms with Gasteiger partial charge in [-0.1, -0.05) is 30.3 Å². The number of benzene rings is 1. The quantitative estimate of drug-likeness (QED) is 0.660. The van der Waals surface area contributed by atoms with E-state index in [0.717, 1.165) is 5.56 Å². The third kappa shape index (κ3) is 5.29. The maximum Gasteiger partial charge on any atom is 0.248 e. The standard InChI is InChI=1S/C14H21NO3/c1-3-15(11-13-7-5-4-6-8-13)14(16)12-18-10-9-17-2/h4-8H,3,9-12H2,1-2H3. The molecular formula is C14H21NO3. The van der Waals surface area contributed by atoms with Gasteiger partial charge >= 0.3 is 0 Å². The first-order chi connectivity index (χ1) is 8.77. The van der Waals surface area contributed by atoms with Crippen molar-refractivity contribution < 1.29 is 14.3 Å². The molecule has 0 fully saturated rings. The second kappa shape index (κ2) is 8.66. The number of likely N-dealkylation sites (N-methyl/N-ethyl adjacent to an activating group) is 1. The van der Waals surface area contributed by atoms with Gasteiger partial charge in [-0.05, 0) is 12.5 Å². The fraction of sp³-hybridized carbons (Fsp3) is 0.500. The highest BCUT2D eigenvalue weighted by Crippen LogP contribution is 2.04. The summed E-state index contributed by atoms with van der Waals surface area (Å²) < 4.78 is 10.1. The number of rotatable bonds is 8. The first-order valence-corrected chi connectivity index (χ1v) is 6.16. The lowest BCUT2D eigenvalue weighted by Gasteiger charge is -2.21. The number of methoxy groups -OCH3 is 1. The van der Waals surface area contributed by atoms with Crippen LogP contribution in [0.2, 0.25) is 0 Å². The van der Waals surface area contributed by atoms with Crippen LogP contribution in [0.15, 0.2) is 30.3 Å². The van der Waals surface area contributed by atoms with Crippen molar-refractivity contribution in [1.29, 1.82) is 0 Å². The highest BCUT2D eigenvalue weighted by Gasteiger charge is 2.11. The van der Waals surface area contributed by atoms with Gasteiger partial charge in [0, 0.05) is 20.2 Å². The largest absolute Gasteiger partial charge is 0.382 e. The number of hydrogen-bond donors (Lipinski definition) is 0. The van der Waals surface area contributed by atoms with Crippen molar-refractivity contribution >= 4 is 5.91 Å². The first-order valence-electron chi connectivity index (χ1n) is 6.16. The minimum absolute atomic E-state index is 0.0115. The maximum absolute atomic E-state index is 11.9. The lowest BCUT2D eigenvalue weighted by atomic mass is 10.2. The zero-order chi connectivity index (χ0) is 13.2. The first kappa shape index (κ1) is 14.7. The third-order valence-electron chi connectivity index (χ3n) is 2.61. The van der Waals surface area contributed by atoms with E-state index in [1.807, 2.05) is 37.3 Å². The van der Waals surface area contributed by atoms with Crippen LogP contribution in [0.3, 0.4) is 0 Å². The Balaban J connectivity index is 2.38. The lowest BCUT2D eigenvalue weighted by molar-refractivity contribution is -0.137. The third-order valence-corrected chi connectivity index (χ3v) is 2.61. The van der Waals surface area contributed by atoms with E-state index in [-0.39, 0.29) is 12.5 Å². The van der Waals surface area contributed by atoms with E-state index >= 15 is 0 Å². The Hall–Kier alpha value is -1.39. The molecule has 0 saturated heterocycles. The molecule has 1 amide bonds. The van der Waals surface area contributed by atoms with E-state index in [9.17, 15) is 4.79 Å². The minimum Gasteiger partial charge on any atom is -0.382 e. The van der Waals surface area contributed by atoms with Gasteiger partial charge in [0.25, 0.3) is 0 Å². The Labute approximate surface area is 108 Å². The molecule has 0 bridgehead atoms. The Bertz CT molecular complexity index is 340. The summed E-state index contributed by atoms with van der Waals surface area (Å²) in [5, 5.41) is 0. The van der Waals surface area contributed by atoms with Crippen molar-refractivity contribution in [3.05, 3.63) is 35.9 Å². The van der Waals surface area contributed by atoms with Crippen molar-refractivity contribution in [2.24, 2.45) is 0 Å². The van der Waals surface area contributed by atoms with Crippen molar-refractivity contribution in [3.8, 4) is 0 Å². The van der Waals surface area contributed by atoms with Crippen molar-refractivity contribution in [1.82, 2.24) is 4.90 Å². The summed E-state index contributed by atoms with van der Waals surface area (Å²) in [6, 6.07) is 9.95. The van der Waals surface area contributed by atoms with Gasteiger partial charge in [0.15, 0.2) is 0 Å². The highest BCUT2D eigenvalue weighted by atomic mass is 16.5. The number of carbonyl (C=O) groups excluding carboxylic acids is 1.